The highest BCUT2D eigenvalue weighted by molar-refractivity contribution is 7.89. The highest BCUT2D eigenvalue weighted by atomic mass is 32.2. The maximum absolute atomic E-state index is 12.9. The fourth-order valence-electron chi connectivity index (χ4n) is 3.84. The first-order chi connectivity index (χ1) is 13.6. The largest absolute Gasteiger partial charge is 0.419 e. The van der Waals surface area contributed by atoms with Crippen molar-refractivity contribution in [3.8, 4) is 17.5 Å². The topological polar surface area (TPSA) is 90.4 Å². The number of sulfonamides is 1. The molecule has 7 nitrogen and oxygen atoms in total. The van der Waals surface area contributed by atoms with Gasteiger partial charge in [0, 0.05) is 31.7 Å². The molecule has 0 unspecified atom stereocenters. The summed E-state index contributed by atoms with van der Waals surface area (Å²) < 4.78 is 33.3. The van der Waals surface area contributed by atoms with E-state index in [1.807, 2.05) is 4.90 Å². The van der Waals surface area contributed by atoms with Crippen molar-refractivity contribution in [1.29, 1.82) is 5.26 Å². The van der Waals surface area contributed by atoms with E-state index >= 15 is 0 Å². The van der Waals surface area contributed by atoms with Gasteiger partial charge in [-0.1, -0.05) is 12.8 Å². The zero-order valence-electron chi connectivity index (χ0n) is 15.8. The molecule has 28 heavy (non-hydrogen) atoms. The van der Waals surface area contributed by atoms with E-state index in [-0.39, 0.29) is 10.6 Å². The van der Waals surface area contributed by atoms with Crippen molar-refractivity contribution in [2.75, 3.05) is 31.1 Å². The third-order valence-corrected chi connectivity index (χ3v) is 7.33. The average Bonchev–Trinajstić information content (AvgIpc) is 3.31. The van der Waals surface area contributed by atoms with Gasteiger partial charge < -0.3 is 9.32 Å². The first-order valence-corrected chi connectivity index (χ1v) is 11.3. The second-order valence-corrected chi connectivity index (χ2v) is 9.26. The van der Waals surface area contributed by atoms with E-state index in [2.05, 4.69) is 11.1 Å². The van der Waals surface area contributed by atoms with Gasteiger partial charge in [0.05, 0.1) is 4.90 Å². The van der Waals surface area contributed by atoms with Crippen LogP contribution in [0, 0.1) is 11.3 Å². The number of rotatable bonds is 4. The molecule has 8 heteroatoms. The summed E-state index contributed by atoms with van der Waals surface area (Å²) in [6.07, 6.45) is 6.12. The summed E-state index contributed by atoms with van der Waals surface area (Å²) >= 11 is 0. The molecule has 2 aliphatic rings. The second kappa shape index (κ2) is 7.94. The highest BCUT2D eigenvalue weighted by Crippen LogP contribution is 2.31. The monoisotopic (exact) mass is 400 g/mol. The zero-order chi connectivity index (χ0) is 19.6. The zero-order valence-corrected chi connectivity index (χ0v) is 16.6. The number of aromatic nitrogens is 1. The molecule has 148 valence electrons. The van der Waals surface area contributed by atoms with Crippen LogP contribution in [0.4, 0.5) is 5.88 Å². The molecule has 2 aliphatic heterocycles. The summed E-state index contributed by atoms with van der Waals surface area (Å²) in [5, 5.41) is 9.37. The van der Waals surface area contributed by atoms with Crippen molar-refractivity contribution >= 4 is 15.9 Å². The Morgan fingerprint density at radius 3 is 2.14 bits per heavy atom. The molecule has 3 heterocycles. The van der Waals surface area contributed by atoms with Gasteiger partial charge in [0.1, 0.15) is 6.07 Å². The number of oxazole rings is 1. The number of anilines is 1. The molecular formula is C20H24N4O3S. The standard InChI is InChI=1S/C20H24N4O3S/c21-15-18-20(23-11-5-6-12-23)27-19(22-18)16-7-9-17(10-8-16)28(25,26)24-13-3-1-2-4-14-24/h7-10H,1-6,11-14H2. The van der Waals surface area contributed by atoms with Crippen LogP contribution in [-0.2, 0) is 10.0 Å². The number of hydrogen-bond acceptors (Lipinski definition) is 6. The van der Waals surface area contributed by atoms with E-state index in [9.17, 15) is 13.7 Å². The lowest BCUT2D eigenvalue weighted by Crippen LogP contribution is -2.31. The lowest BCUT2D eigenvalue weighted by Gasteiger charge is -2.19. The summed E-state index contributed by atoms with van der Waals surface area (Å²) in [6.45, 7) is 2.87. The molecule has 0 atom stereocenters. The molecule has 1 aromatic heterocycles. The van der Waals surface area contributed by atoms with E-state index in [1.165, 1.54) is 0 Å². The van der Waals surface area contributed by atoms with E-state index in [4.69, 9.17) is 4.42 Å². The van der Waals surface area contributed by atoms with Crippen molar-refractivity contribution in [2.24, 2.45) is 0 Å². The average molecular weight is 401 g/mol. The van der Waals surface area contributed by atoms with Crippen molar-refractivity contribution < 1.29 is 12.8 Å². The molecule has 0 saturated carbocycles. The molecule has 2 aromatic rings. The van der Waals surface area contributed by atoms with Gasteiger partial charge in [0.25, 0.3) is 0 Å². The Kier molecular flexibility index (Phi) is 5.38. The Morgan fingerprint density at radius 2 is 1.54 bits per heavy atom. The van der Waals surface area contributed by atoms with Crippen LogP contribution in [0.15, 0.2) is 33.6 Å². The van der Waals surface area contributed by atoms with Crippen LogP contribution in [0.2, 0.25) is 0 Å². The van der Waals surface area contributed by atoms with Crippen molar-refractivity contribution in [3.63, 3.8) is 0 Å². The minimum Gasteiger partial charge on any atom is -0.419 e. The smallest absolute Gasteiger partial charge is 0.243 e. The molecule has 0 amide bonds. The first-order valence-electron chi connectivity index (χ1n) is 9.86. The van der Waals surface area contributed by atoms with Crippen LogP contribution >= 0.6 is 0 Å². The van der Waals surface area contributed by atoms with Crippen LogP contribution in [0.3, 0.4) is 0 Å². The molecule has 0 radical (unpaired) electrons. The predicted molar refractivity (Wildman–Crippen MR) is 105 cm³/mol. The third kappa shape index (κ3) is 3.64. The van der Waals surface area contributed by atoms with Crippen LogP contribution in [0.25, 0.3) is 11.5 Å². The van der Waals surface area contributed by atoms with Gasteiger partial charge in [-0.3, -0.25) is 0 Å². The predicted octanol–water partition coefficient (Wildman–Crippen LogP) is 3.38. The fraction of sp³-hybridized carbons (Fsp3) is 0.500. The van der Waals surface area contributed by atoms with Crippen LogP contribution in [-0.4, -0.2) is 43.9 Å². The van der Waals surface area contributed by atoms with E-state index in [0.29, 0.717) is 30.4 Å². The van der Waals surface area contributed by atoms with Crippen molar-refractivity contribution in [1.82, 2.24) is 9.29 Å². The van der Waals surface area contributed by atoms with E-state index in [0.717, 1.165) is 51.6 Å². The number of nitrogens with zero attached hydrogens (tertiary/aromatic N) is 4. The van der Waals surface area contributed by atoms with Gasteiger partial charge >= 0.3 is 0 Å². The van der Waals surface area contributed by atoms with E-state index in [1.54, 1.807) is 28.6 Å². The molecule has 2 fully saturated rings. The first kappa shape index (κ1) is 19.0. The minimum absolute atomic E-state index is 0.276. The molecule has 0 N–H and O–H groups in total. The molecular weight excluding hydrogens is 376 g/mol. The molecule has 0 spiro atoms. The molecule has 0 bridgehead atoms. The fourth-order valence-corrected chi connectivity index (χ4v) is 5.36. The van der Waals surface area contributed by atoms with Gasteiger partial charge in [-0.15, -0.1) is 0 Å². The highest BCUT2D eigenvalue weighted by Gasteiger charge is 2.26. The SMILES string of the molecule is N#Cc1nc(-c2ccc(S(=O)(=O)N3CCCCCC3)cc2)oc1N1CCCC1. The Bertz CT molecular complexity index is 962. The Hall–Kier alpha value is -2.37. The van der Waals surface area contributed by atoms with Gasteiger partial charge in [-0.25, -0.2) is 8.42 Å². The molecule has 2 saturated heterocycles. The van der Waals surface area contributed by atoms with Gasteiger partial charge in [0.2, 0.25) is 27.5 Å². The Morgan fingerprint density at radius 1 is 0.929 bits per heavy atom. The summed E-state index contributed by atoms with van der Waals surface area (Å²) in [4.78, 5) is 6.63. The second-order valence-electron chi connectivity index (χ2n) is 7.32. The lowest BCUT2D eigenvalue weighted by atomic mass is 10.2. The molecule has 4 rings (SSSR count). The normalized spacial score (nSPS) is 18.8. The maximum Gasteiger partial charge on any atom is 0.243 e. The minimum atomic E-state index is -3.48. The number of nitriles is 1. The summed E-state index contributed by atoms with van der Waals surface area (Å²) in [7, 11) is -3.48. The van der Waals surface area contributed by atoms with E-state index < -0.39 is 10.0 Å². The van der Waals surface area contributed by atoms with Gasteiger partial charge in [0.15, 0.2) is 0 Å². The third-order valence-electron chi connectivity index (χ3n) is 5.41. The molecule has 1 aromatic carbocycles. The van der Waals surface area contributed by atoms with Crippen LogP contribution in [0.5, 0.6) is 0 Å². The van der Waals surface area contributed by atoms with Crippen molar-refractivity contribution in [3.05, 3.63) is 30.0 Å². The maximum atomic E-state index is 12.9. The number of hydrogen-bond donors (Lipinski definition) is 0. The Balaban J connectivity index is 1.59. The summed E-state index contributed by atoms with van der Waals surface area (Å²) in [6, 6.07) is 8.69. The van der Waals surface area contributed by atoms with Gasteiger partial charge in [-0.2, -0.15) is 14.6 Å². The molecule has 0 aliphatic carbocycles. The lowest BCUT2D eigenvalue weighted by molar-refractivity contribution is 0.423. The van der Waals surface area contributed by atoms with Crippen LogP contribution in [0.1, 0.15) is 44.2 Å². The summed E-state index contributed by atoms with van der Waals surface area (Å²) in [5.41, 5.74) is 0.940. The number of benzene rings is 1. The van der Waals surface area contributed by atoms with Crippen molar-refractivity contribution in [2.45, 2.75) is 43.4 Å². The quantitative estimate of drug-likeness (QED) is 0.781. The van der Waals surface area contributed by atoms with Gasteiger partial charge in [-0.05, 0) is 49.9 Å². The van der Waals surface area contributed by atoms with Crippen LogP contribution < -0.4 is 4.90 Å². The summed E-state index contributed by atoms with van der Waals surface area (Å²) in [5.74, 6) is 0.855. The Labute approximate surface area is 165 Å².